The number of nitrogens with zero attached hydrogens (tertiary/aromatic N) is 4. The van der Waals surface area contributed by atoms with Crippen molar-refractivity contribution in [3.63, 3.8) is 0 Å². The molecule has 1 aliphatic heterocycles. The zero-order valence-electron chi connectivity index (χ0n) is 15.5. The van der Waals surface area contributed by atoms with Crippen molar-refractivity contribution in [1.82, 2.24) is 35.4 Å². The van der Waals surface area contributed by atoms with Gasteiger partial charge in [0.05, 0.1) is 11.0 Å². The van der Waals surface area contributed by atoms with Crippen molar-refractivity contribution < 1.29 is 4.79 Å². The fourth-order valence-corrected chi connectivity index (χ4v) is 3.60. The van der Waals surface area contributed by atoms with Crippen LogP contribution in [0.1, 0.15) is 42.7 Å². The molecular formula is C19H25N7O. The summed E-state index contributed by atoms with van der Waals surface area (Å²) in [6, 6.07) is 8.00. The van der Waals surface area contributed by atoms with Crippen LogP contribution in [-0.4, -0.2) is 55.7 Å². The summed E-state index contributed by atoms with van der Waals surface area (Å²) in [6.45, 7) is 3.99. The zero-order valence-corrected chi connectivity index (χ0v) is 15.5. The molecule has 1 saturated heterocycles. The number of urea groups is 1. The van der Waals surface area contributed by atoms with Crippen molar-refractivity contribution in [1.29, 1.82) is 0 Å². The van der Waals surface area contributed by atoms with E-state index in [-0.39, 0.29) is 11.9 Å². The number of carbonyl (C=O) groups is 1. The average molecular weight is 367 g/mol. The number of aromatic nitrogens is 5. The summed E-state index contributed by atoms with van der Waals surface area (Å²) >= 11 is 0. The van der Waals surface area contributed by atoms with Crippen LogP contribution in [0.5, 0.6) is 0 Å². The number of H-pyrrole nitrogens is 2. The Balaban J connectivity index is 1.24. The highest BCUT2D eigenvalue weighted by Gasteiger charge is 2.26. The number of likely N-dealkylation sites (tertiary alicyclic amines) is 1. The third kappa shape index (κ3) is 4.10. The van der Waals surface area contributed by atoms with E-state index >= 15 is 0 Å². The minimum absolute atomic E-state index is 0.00318. The Morgan fingerprint density at radius 2 is 2.22 bits per heavy atom. The van der Waals surface area contributed by atoms with Crippen molar-refractivity contribution in [2.24, 2.45) is 0 Å². The predicted octanol–water partition coefficient (Wildman–Crippen LogP) is 2.51. The van der Waals surface area contributed by atoms with Crippen LogP contribution in [0.2, 0.25) is 0 Å². The highest BCUT2D eigenvalue weighted by Crippen LogP contribution is 2.24. The van der Waals surface area contributed by atoms with Gasteiger partial charge in [-0.15, -0.1) is 0 Å². The molecule has 1 atom stereocenters. The lowest BCUT2D eigenvalue weighted by Crippen LogP contribution is -2.45. The lowest BCUT2D eigenvalue weighted by molar-refractivity contribution is 0.178. The molecule has 1 aromatic carbocycles. The van der Waals surface area contributed by atoms with Gasteiger partial charge in [-0.2, -0.15) is 5.10 Å². The molecule has 2 amide bonds. The number of hydrogen-bond acceptors (Lipinski definition) is 4. The van der Waals surface area contributed by atoms with Gasteiger partial charge in [0.15, 0.2) is 5.82 Å². The Morgan fingerprint density at radius 3 is 3.04 bits per heavy atom. The molecule has 3 aromatic rings. The van der Waals surface area contributed by atoms with Gasteiger partial charge in [0.25, 0.3) is 0 Å². The van der Waals surface area contributed by atoms with Gasteiger partial charge in [0.2, 0.25) is 0 Å². The van der Waals surface area contributed by atoms with Gasteiger partial charge in [-0.25, -0.2) is 14.8 Å². The van der Waals surface area contributed by atoms with E-state index in [4.69, 9.17) is 0 Å². The molecule has 1 aliphatic rings. The summed E-state index contributed by atoms with van der Waals surface area (Å²) in [5.41, 5.74) is 2.04. The lowest BCUT2D eigenvalue weighted by Gasteiger charge is -2.31. The number of fused-ring (bicyclic) bond motifs is 1. The maximum Gasteiger partial charge on any atom is 0.317 e. The summed E-state index contributed by atoms with van der Waals surface area (Å²) in [6.07, 6.45) is 3.66. The number of piperidine rings is 1. The first-order valence-electron chi connectivity index (χ1n) is 9.54. The van der Waals surface area contributed by atoms with Crippen molar-refractivity contribution in [3.05, 3.63) is 41.7 Å². The molecular weight excluding hydrogens is 342 g/mol. The molecule has 0 saturated carbocycles. The maximum absolute atomic E-state index is 12.5. The number of aryl methyl sites for hydroxylation is 2. The molecule has 8 heteroatoms. The summed E-state index contributed by atoms with van der Waals surface area (Å²) in [4.78, 5) is 26.7. The Labute approximate surface area is 157 Å². The van der Waals surface area contributed by atoms with Crippen LogP contribution in [0.3, 0.4) is 0 Å². The summed E-state index contributed by atoms with van der Waals surface area (Å²) < 4.78 is 0. The van der Waals surface area contributed by atoms with Gasteiger partial charge in [0, 0.05) is 32.0 Å². The van der Waals surface area contributed by atoms with E-state index < -0.39 is 0 Å². The highest BCUT2D eigenvalue weighted by atomic mass is 16.2. The van der Waals surface area contributed by atoms with Crippen LogP contribution in [0.4, 0.5) is 4.79 Å². The minimum atomic E-state index is -0.00318. The Bertz CT molecular complexity index is 883. The molecule has 3 heterocycles. The second kappa shape index (κ2) is 7.77. The maximum atomic E-state index is 12.5. The number of benzene rings is 1. The number of para-hydroxylation sites is 2. The van der Waals surface area contributed by atoms with Crippen LogP contribution in [0.15, 0.2) is 24.3 Å². The SMILES string of the molecule is Cc1nc([C@H]2CCCN(C(=O)NCCCc3nc4ccccc4[nH]3)C2)n[nH]1. The van der Waals surface area contributed by atoms with Crippen LogP contribution in [-0.2, 0) is 6.42 Å². The molecule has 1 fully saturated rings. The highest BCUT2D eigenvalue weighted by molar-refractivity contribution is 5.75. The first-order chi connectivity index (χ1) is 13.2. The first-order valence-corrected chi connectivity index (χ1v) is 9.54. The zero-order chi connectivity index (χ0) is 18.6. The van der Waals surface area contributed by atoms with Gasteiger partial charge in [-0.1, -0.05) is 12.1 Å². The number of hydrogen-bond donors (Lipinski definition) is 3. The molecule has 142 valence electrons. The van der Waals surface area contributed by atoms with E-state index in [1.165, 1.54) is 0 Å². The topological polar surface area (TPSA) is 103 Å². The van der Waals surface area contributed by atoms with E-state index in [1.807, 2.05) is 36.1 Å². The molecule has 0 aliphatic carbocycles. The predicted molar refractivity (Wildman–Crippen MR) is 102 cm³/mol. The third-order valence-corrected chi connectivity index (χ3v) is 4.99. The number of carbonyl (C=O) groups excluding carboxylic acids is 1. The summed E-state index contributed by atoms with van der Waals surface area (Å²) in [5.74, 6) is 2.81. The van der Waals surface area contributed by atoms with Crippen LogP contribution >= 0.6 is 0 Å². The normalized spacial score (nSPS) is 17.4. The molecule has 2 aromatic heterocycles. The van der Waals surface area contributed by atoms with Crippen molar-refractivity contribution in [2.45, 2.75) is 38.5 Å². The van der Waals surface area contributed by atoms with E-state index in [2.05, 4.69) is 30.5 Å². The smallest absolute Gasteiger partial charge is 0.317 e. The first kappa shape index (κ1) is 17.5. The second-order valence-corrected chi connectivity index (χ2v) is 7.10. The van der Waals surface area contributed by atoms with Crippen LogP contribution in [0, 0.1) is 6.92 Å². The monoisotopic (exact) mass is 367 g/mol. The summed E-state index contributed by atoms with van der Waals surface area (Å²) in [7, 11) is 0. The van der Waals surface area contributed by atoms with Crippen molar-refractivity contribution in [3.8, 4) is 0 Å². The standard InChI is InChI=1S/C19H25N7O/c1-13-21-18(25-24-13)14-6-5-11-26(12-14)19(27)20-10-4-9-17-22-15-7-2-3-8-16(15)23-17/h2-3,7-8,14H,4-6,9-12H2,1H3,(H,20,27)(H,22,23)(H,21,24,25)/t14-/m0/s1. The van der Waals surface area contributed by atoms with Gasteiger partial charge in [0.1, 0.15) is 11.6 Å². The lowest BCUT2D eigenvalue weighted by atomic mass is 9.98. The molecule has 3 N–H and O–H groups in total. The van der Waals surface area contributed by atoms with Crippen molar-refractivity contribution in [2.75, 3.05) is 19.6 Å². The number of rotatable bonds is 5. The van der Waals surface area contributed by atoms with E-state index in [0.717, 1.165) is 60.7 Å². The number of aromatic amines is 2. The van der Waals surface area contributed by atoms with E-state index in [9.17, 15) is 4.79 Å². The van der Waals surface area contributed by atoms with Crippen LogP contribution in [0.25, 0.3) is 11.0 Å². The van der Waals surface area contributed by atoms with Gasteiger partial charge < -0.3 is 15.2 Å². The Hall–Kier alpha value is -2.90. The van der Waals surface area contributed by atoms with Crippen molar-refractivity contribution >= 4 is 17.1 Å². The van der Waals surface area contributed by atoms with E-state index in [0.29, 0.717) is 13.1 Å². The molecule has 0 unspecified atom stereocenters. The van der Waals surface area contributed by atoms with E-state index in [1.54, 1.807) is 0 Å². The number of imidazole rings is 1. The molecule has 0 spiro atoms. The third-order valence-electron chi connectivity index (χ3n) is 4.99. The summed E-state index contributed by atoms with van der Waals surface area (Å²) in [5, 5.41) is 10.2. The van der Waals surface area contributed by atoms with Gasteiger partial charge in [-0.3, -0.25) is 5.10 Å². The fourth-order valence-electron chi connectivity index (χ4n) is 3.60. The molecule has 27 heavy (non-hydrogen) atoms. The van der Waals surface area contributed by atoms with Gasteiger partial charge >= 0.3 is 6.03 Å². The fraction of sp³-hybridized carbons (Fsp3) is 0.474. The Morgan fingerprint density at radius 1 is 1.33 bits per heavy atom. The molecule has 4 rings (SSSR count). The van der Waals surface area contributed by atoms with Gasteiger partial charge in [-0.05, 0) is 38.3 Å². The second-order valence-electron chi connectivity index (χ2n) is 7.10. The largest absolute Gasteiger partial charge is 0.342 e. The molecule has 0 bridgehead atoms. The minimum Gasteiger partial charge on any atom is -0.342 e. The van der Waals surface area contributed by atoms with Crippen LogP contribution < -0.4 is 5.32 Å². The average Bonchev–Trinajstić information content (AvgIpc) is 3.31. The number of nitrogens with one attached hydrogen (secondary N) is 3. The molecule has 0 radical (unpaired) electrons. The molecule has 8 nitrogen and oxygen atoms in total. The number of amides is 2. The quantitative estimate of drug-likeness (QED) is 0.603. The Kier molecular flexibility index (Phi) is 5.04.